The number of nitro groups is 1. The molecule has 1 amide bonds. The molecule has 6 nitrogen and oxygen atoms in total. The molecule has 1 N–H and O–H groups in total. The summed E-state index contributed by atoms with van der Waals surface area (Å²) in [6.45, 7) is 1.99. The number of nitrogens with one attached hydrogen (secondary N) is 1. The van der Waals surface area contributed by atoms with E-state index >= 15 is 0 Å². The van der Waals surface area contributed by atoms with Crippen molar-refractivity contribution in [2.75, 3.05) is 11.1 Å². The van der Waals surface area contributed by atoms with Crippen molar-refractivity contribution in [1.82, 2.24) is 4.98 Å². The number of amides is 1. The number of nitro benzene ring substituents is 1. The number of para-hydroxylation sites is 1. The Morgan fingerprint density at radius 2 is 2.04 bits per heavy atom. The lowest BCUT2D eigenvalue weighted by molar-refractivity contribution is -0.383. The third-order valence-electron chi connectivity index (χ3n) is 3.68. The van der Waals surface area contributed by atoms with Crippen LogP contribution in [0.2, 0.25) is 5.02 Å². The molecule has 0 radical (unpaired) electrons. The summed E-state index contributed by atoms with van der Waals surface area (Å²) in [5, 5.41) is 15.7. The van der Waals surface area contributed by atoms with E-state index in [1.54, 1.807) is 0 Å². The van der Waals surface area contributed by atoms with E-state index in [0.717, 1.165) is 21.5 Å². The van der Waals surface area contributed by atoms with Gasteiger partial charge in [0.05, 0.1) is 21.2 Å². The number of aryl methyl sites for hydroxylation is 1. The van der Waals surface area contributed by atoms with E-state index in [1.807, 2.05) is 37.3 Å². The predicted octanol–water partition coefficient (Wildman–Crippen LogP) is 4.84. The van der Waals surface area contributed by atoms with Crippen molar-refractivity contribution in [2.24, 2.45) is 0 Å². The molecule has 2 aromatic carbocycles. The van der Waals surface area contributed by atoms with E-state index in [1.165, 1.54) is 30.0 Å². The van der Waals surface area contributed by atoms with Crippen LogP contribution in [0.25, 0.3) is 10.9 Å². The molecule has 3 rings (SSSR count). The van der Waals surface area contributed by atoms with Crippen molar-refractivity contribution in [3.8, 4) is 0 Å². The van der Waals surface area contributed by atoms with Gasteiger partial charge in [0.2, 0.25) is 5.91 Å². The zero-order valence-electron chi connectivity index (χ0n) is 13.7. The molecule has 1 heterocycles. The van der Waals surface area contributed by atoms with Gasteiger partial charge in [0.15, 0.2) is 0 Å². The molecule has 132 valence electrons. The third-order valence-corrected chi connectivity index (χ3v) is 4.83. The van der Waals surface area contributed by atoms with E-state index in [4.69, 9.17) is 11.6 Å². The van der Waals surface area contributed by atoms with Crippen molar-refractivity contribution in [3.05, 3.63) is 69.2 Å². The average molecular weight is 388 g/mol. The fourth-order valence-electron chi connectivity index (χ4n) is 2.48. The molecule has 0 fully saturated rings. The monoisotopic (exact) mass is 387 g/mol. The minimum Gasteiger partial charge on any atom is -0.320 e. The molecule has 0 aliphatic heterocycles. The molecule has 8 heteroatoms. The summed E-state index contributed by atoms with van der Waals surface area (Å²) < 4.78 is 0. The normalized spacial score (nSPS) is 10.7. The molecule has 0 atom stereocenters. The lowest BCUT2D eigenvalue weighted by Crippen LogP contribution is -2.15. The maximum atomic E-state index is 12.2. The van der Waals surface area contributed by atoms with Gasteiger partial charge in [-0.25, -0.2) is 4.98 Å². The standard InChI is InChI=1S/C18H14ClN3O3S/c1-11-8-18(21-14-5-3-2-4-13(11)14)26-10-17(23)20-15-7-6-12(19)9-16(15)22(24)25/h2-9H,10H2,1H3,(H,20,23). The van der Waals surface area contributed by atoms with Crippen LogP contribution in [0, 0.1) is 17.0 Å². The van der Waals surface area contributed by atoms with E-state index in [0.29, 0.717) is 0 Å². The van der Waals surface area contributed by atoms with E-state index < -0.39 is 4.92 Å². The Kier molecular flexibility index (Phi) is 5.39. The van der Waals surface area contributed by atoms with Gasteiger partial charge in [0.1, 0.15) is 5.69 Å². The Balaban J connectivity index is 1.71. The van der Waals surface area contributed by atoms with Gasteiger partial charge < -0.3 is 5.32 Å². The van der Waals surface area contributed by atoms with Gasteiger partial charge in [-0.2, -0.15) is 0 Å². The zero-order chi connectivity index (χ0) is 18.7. The number of carbonyl (C=O) groups is 1. The largest absolute Gasteiger partial charge is 0.320 e. The predicted molar refractivity (Wildman–Crippen MR) is 104 cm³/mol. The highest BCUT2D eigenvalue weighted by atomic mass is 35.5. The Hall–Kier alpha value is -2.64. The summed E-state index contributed by atoms with van der Waals surface area (Å²) in [4.78, 5) is 27.2. The minimum atomic E-state index is -0.580. The van der Waals surface area contributed by atoms with Crippen LogP contribution in [0.3, 0.4) is 0 Å². The van der Waals surface area contributed by atoms with Crippen LogP contribution in [-0.2, 0) is 4.79 Å². The SMILES string of the molecule is Cc1cc(SCC(=O)Nc2ccc(Cl)cc2[N+](=O)[O-])nc2ccccc12. The molecule has 0 spiro atoms. The molecule has 0 aliphatic carbocycles. The number of halogens is 1. The summed E-state index contributed by atoms with van der Waals surface area (Å²) in [7, 11) is 0. The number of thioether (sulfide) groups is 1. The first-order valence-electron chi connectivity index (χ1n) is 7.67. The number of pyridine rings is 1. The zero-order valence-corrected chi connectivity index (χ0v) is 15.3. The lowest BCUT2D eigenvalue weighted by atomic mass is 10.1. The van der Waals surface area contributed by atoms with Gasteiger partial charge in [-0.15, -0.1) is 0 Å². The van der Waals surface area contributed by atoms with E-state index in [-0.39, 0.29) is 28.1 Å². The smallest absolute Gasteiger partial charge is 0.294 e. The van der Waals surface area contributed by atoms with Crippen molar-refractivity contribution in [2.45, 2.75) is 11.9 Å². The maximum absolute atomic E-state index is 12.2. The first-order chi connectivity index (χ1) is 12.4. The molecule has 26 heavy (non-hydrogen) atoms. The molecule has 1 aromatic heterocycles. The molecular weight excluding hydrogens is 374 g/mol. The molecule has 0 bridgehead atoms. The maximum Gasteiger partial charge on any atom is 0.294 e. The van der Waals surface area contributed by atoms with Gasteiger partial charge in [-0.3, -0.25) is 14.9 Å². The highest BCUT2D eigenvalue weighted by molar-refractivity contribution is 7.99. The number of fused-ring (bicyclic) bond motifs is 1. The fourth-order valence-corrected chi connectivity index (χ4v) is 3.42. The second-order valence-electron chi connectivity index (χ2n) is 5.55. The third kappa shape index (κ3) is 4.12. The van der Waals surface area contributed by atoms with Gasteiger partial charge in [0, 0.05) is 16.5 Å². The first kappa shape index (κ1) is 18.2. The molecular formula is C18H14ClN3O3S. The Morgan fingerprint density at radius 3 is 2.81 bits per heavy atom. The van der Waals surface area contributed by atoms with Crippen LogP contribution in [0.15, 0.2) is 53.6 Å². The molecule has 3 aromatic rings. The van der Waals surface area contributed by atoms with E-state index in [9.17, 15) is 14.9 Å². The Labute approximate surface area is 158 Å². The summed E-state index contributed by atoms with van der Waals surface area (Å²) in [6, 6.07) is 13.8. The number of hydrogen-bond acceptors (Lipinski definition) is 5. The van der Waals surface area contributed by atoms with Crippen molar-refractivity contribution in [3.63, 3.8) is 0 Å². The van der Waals surface area contributed by atoms with Gasteiger partial charge >= 0.3 is 0 Å². The summed E-state index contributed by atoms with van der Waals surface area (Å²) in [5.74, 6) is -0.266. The number of benzene rings is 2. The molecule has 0 saturated carbocycles. The van der Waals surface area contributed by atoms with E-state index in [2.05, 4.69) is 10.3 Å². The van der Waals surface area contributed by atoms with Crippen molar-refractivity contribution >= 4 is 51.5 Å². The highest BCUT2D eigenvalue weighted by Gasteiger charge is 2.16. The second kappa shape index (κ2) is 7.72. The van der Waals surface area contributed by atoms with Gasteiger partial charge in [-0.05, 0) is 36.8 Å². The Morgan fingerprint density at radius 1 is 1.27 bits per heavy atom. The number of anilines is 1. The molecule has 0 unspecified atom stereocenters. The summed E-state index contributed by atoms with van der Waals surface area (Å²) in [5.41, 5.74) is 1.82. The van der Waals surface area contributed by atoms with Crippen LogP contribution in [-0.4, -0.2) is 21.6 Å². The minimum absolute atomic E-state index is 0.0879. The number of nitrogens with zero attached hydrogens (tertiary/aromatic N) is 2. The number of carbonyl (C=O) groups excluding carboxylic acids is 1. The molecule has 0 saturated heterocycles. The Bertz CT molecular complexity index is 1010. The van der Waals surface area contributed by atoms with Crippen LogP contribution < -0.4 is 5.32 Å². The van der Waals surface area contributed by atoms with Crippen LogP contribution in [0.5, 0.6) is 0 Å². The molecule has 0 aliphatic rings. The first-order valence-corrected chi connectivity index (χ1v) is 9.03. The van der Waals surface area contributed by atoms with Crippen LogP contribution >= 0.6 is 23.4 Å². The summed E-state index contributed by atoms with van der Waals surface area (Å²) >= 11 is 7.05. The number of rotatable bonds is 5. The van der Waals surface area contributed by atoms with Crippen molar-refractivity contribution in [1.29, 1.82) is 0 Å². The van der Waals surface area contributed by atoms with Crippen molar-refractivity contribution < 1.29 is 9.72 Å². The topological polar surface area (TPSA) is 85.1 Å². The van der Waals surface area contributed by atoms with Crippen LogP contribution in [0.4, 0.5) is 11.4 Å². The highest BCUT2D eigenvalue weighted by Crippen LogP contribution is 2.28. The van der Waals surface area contributed by atoms with Gasteiger partial charge in [0.25, 0.3) is 5.69 Å². The quantitative estimate of drug-likeness (QED) is 0.384. The van der Waals surface area contributed by atoms with Crippen LogP contribution in [0.1, 0.15) is 5.56 Å². The fraction of sp³-hybridized carbons (Fsp3) is 0.111. The number of aromatic nitrogens is 1. The van der Waals surface area contributed by atoms with Gasteiger partial charge in [-0.1, -0.05) is 41.6 Å². The lowest BCUT2D eigenvalue weighted by Gasteiger charge is -2.08. The number of hydrogen-bond donors (Lipinski definition) is 1. The average Bonchev–Trinajstić information content (AvgIpc) is 2.61. The summed E-state index contributed by atoms with van der Waals surface area (Å²) in [6.07, 6.45) is 0. The second-order valence-corrected chi connectivity index (χ2v) is 6.98.